The van der Waals surface area contributed by atoms with Gasteiger partial charge in [0.15, 0.2) is 0 Å². The van der Waals surface area contributed by atoms with E-state index in [1.807, 2.05) is 6.08 Å². The molecule has 0 aromatic heterocycles. The Morgan fingerprint density at radius 1 is 1.70 bits per heavy atom. The van der Waals surface area contributed by atoms with Crippen molar-refractivity contribution in [2.24, 2.45) is 0 Å². The summed E-state index contributed by atoms with van der Waals surface area (Å²) >= 11 is 3.32. The lowest BCUT2D eigenvalue weighted by Crippen LogP contribution is -2.24. The molecule has 0 aliphatic carbocycles. The second kappa shape index (κ2) is 5.69. The minimum Gasteiger partial charge on any atom is -0.295 e. The summed E-state index contributed by atoms with van der Waals surface area (Å²) < 4.78 is 1.02. The van der Waals surface area contributed by atoms with Gasteiger partial charge < -0.3 is 0 Å². The van der Waals surface area contributed by atoms with E-state index >= 15 is 0 Å². The minimum atomic E-state index is 0.905. The van der Waals surface area contributed by atoms with Crippen LogP contribution in [0.2, 0.25) is 0 Å². The first-order valence-corrected chi connectivity index (χ1v) is 4.16. The molecule has 0 aliphatic heterocycles. The second-order valence-electron chi connectivity index (χ2n) is 2.13. The Hall–Kier alpha value is -0.0800. The van der Waals surface area contributed by atoms with Gasteiger partial charge in [-0.1, -0.05) is 35.5 Å². The van der Waals surface area contributed by atoms with Gasteiger partial charge >= 0.3 is 0 Å². The number of rotatable bonds is 5. The molecule has 0 aliphatic rings. The minimum absolute atomic E-state index is 0.905. The lowest BCUT2D eigenvalue weighted by atomic mass is 10.4. The zero-order valence-electron chi connectivity index (χ0n) is 6.44. The van der Waals surface area contributed by atoms with Gasteiger partial charge in [0.25, 0.3) is 0 Å². The molecule has 0 saturated heterocycles. The van der Waals surface area contributed by atoms with Gasteiger partial charge in [0.2, 0.25) is 0 Å². The van der Waals surface area contributed by atoms with Crippen LogP contribution in [0.5, 0.6) is 0 Å². The predicted molar refractivity (Wildman–Crippen MR) is 50.4 cm³/mol. The maximum Gasteiger partial charge on any atom is 0.0297 e. The molecule has 0 saturated carbocycles. The third kappa shape index (κ3) is 4.77. The van der Waals surface area contributed by atoms with Crippen molar-refractivity contribution in [3.8, 4) is 0 Å². The Morgan fingerprint density at radius 3 is 2.60 bits per heavy atom. The summed E-state index contributed by atoms with van der Waals surface area (Å²) in [4.78, 5) is 2.24. The molecule has 0 rings (SSSR count). The van der Waals surface area contributed by atoms with Crippen LogP contribution in [0.25, 0.3) is 0 Å². The van der Waals surface area contributed by atoms with E-state index in [4.69, 9.17) is 0 Å². The molecule has 0 bridgehead atoms. The number of likely N-dealkylation sites (N-methyl/N-ethyl adjacent to an activating group) is 1. The SMILES string of the molecule is C=CCN(CC)CC(=C)Br. The van der Waals surface area contributed by atoms with Crippen LogP contribution >= 0.6 is 15.9 Å². The molecule has 2 heteroatoms. The van der Waals surface area contributed by atoms with Crippen molar-refractivity contribution < 1.29 is 0 Å². The van der Waals surface area contributed by atoms with E-state index in [1.54, 1.807) is 0 Å². The first-order valence-electron chi connectivity index (χ1n) is 3.37. The van der Waals surface area contributed by atoms with E-state index < -0.39 is 0 Å². The maximum atomic E-state index is 3.77. The van der Waals surface area contributed by atoms with Crippen LogP contribution in [0.1, 0.15) is 6.92 Å². The van der Waals surface area contributed by atoms with Gasteiger partial charge in [-0.05, 0) is 6.54 Å². The van der Waals surface area contributed by atoms with Crippen molar-refractivity contribution >= 4 is 15.9 Å². The van der Waals surface area contributed by atoms with Gasteiger partial charge in [-0.25, -0.2) is 0 Å². The van der Waals surface area contributed by atoms with E-state index in [1.165, 1.54) is 0 Å². The molecule has 0 N–H and O–H groups in total. The number of hydrogen-bond donors (Lipinski definition) is 0. The van der Waals surface area contributed by atoms with E-state index in [0.717, 1.165) is 24.1 Å². The molecular formula is C8H14BrN. The number of hydrogen-bond acceptors (Lipinski definition) is 1. The molecule has 0 unspecified atom stereocenters. The van der Waals surface area contributed by atoms with Crippen LogP contribution < -0.4 is 0 Å². The van der Waals surface area contributed by atoms with E-state index in [0.29, 0.717) is 0 Å². The Bertz CT molecular complexity index is 120. The fourth-order valence-electron chi connectivity index (χ4n) is 0.731. The second-order valence-corrected chi connectivity index (χ2v) is 3.26. The van der Waals surface area contributed by atoms with Crippen LogP contribution in [0.15, 0.2) is 23.7 Å². The van der Waals surface area contributed by atoms with Crippen molar-refractivity contribution in [1.82, 2.24) is 4.90 Å². The van der Waals surface area contributed by atoms with Gasteiger partial charge in [-0.2, -0.15) is 0 Å². The molecule has 0 radical (unpaired) electrons. The fourth-order valence-corrected chi connectivity index (χ4v) is 1.09. The van der Waals surface area contributed by atoms with Crippen LogP contribution in [0.3, 0.4) is 0 Å². The number of halogens is 1. The maximum absolute atomic E-state index is 3.77. The van der Waals surface area contributed by atoms with Gasteiger partial charge in [-0.15, -0.1) is 6.58 Å². The van der Waals surface area contributed by atoms with Gasteiger partial charge in [0.1, 0.15) is 0 Å². The van der Waals surface area contributed by atoms with Crippen LogP contribution in [-0.2, 0) is 0 Å². The highest BCUT2D eigenvalue weighted by Crippen LogP contribution is 2.03. The highest BCUT2D eigenvalue weighted by atomic mass is 79.9. The monoisotopic (exact) mass is 203 g/mol. The predicted octanol–water partition coefficient (Wildman–Crippen LogP) is 2.40. The van der Waals surface area contributed by atoms with Crippen LogP contribution in [0.4, 0.5) is 0 Å². The molecular weight excluding hydrogens is 190 g/mol. The van der Waals surface area contributed by atoms with Gasteiger partial charge in [0.05, 0.1) is 0 Å². The highest BCUT2D eigenvalue weighted by molar-refractivity contribution is 9.11. The third-order valence-corrected chi connectivity index (χ3v) is 1.48. The topological polar surface area (TPSA) is 3.24 Å². The first-order chi connectivity index (χ1) is 4.70. The van der Waals surface area contributed by atoms with E-state index in [2.05, 4.69) is 40.9 Å². The van der Waals surface area contributed by atoms with Crippen molar-refractivity contribution in [2.45, 2.75) is 6.92 Å². The van der Waals surface area contributed by atoms with Crippen molar-refractivity contribution in [1.29, 1.82) is 0 Å². The van der Waals surface area contributed by atoms with Gasteiger partial charge in [0, 0.05) is 17.6 Å². The summed E-state index contributed by atoms with van der Waals surface area (Å²) in [7, 11) is 0. The summed E-state index contributed by atoms with van der Waals surface area (Å²) in [6.07, 6.45) is 1.90. The lowest BCUT2D eigenvalue weighted by molar-refractivity contribution is 0.353. The molecule has 0 amide bonds. The zero-order chi connectivity index (χ0) is 7.98. The molecule has 0 spiro atoms. The average molecular weight is 204 g/mol. The number of nitrogens with zero attached hydrogens (tertiary/aromatic N) is 1. The quantitative estimate of drug-likeness (QED) is 0.621. The Kier molecular flexibility index (Phi) is 5.64. The van der Waals surface area contributed by atoms with E-state index in [-0.39, 0.29) is 0 Å². The summed E-state index contributed by atoms with van der Waals surface area (Å²) in [5.74, 6) is 0. The molecule has 0 atom stereocenters. The molecule has 0 aromatic carbocycles. The smallest absolute Gasteiger partial charge is 0.0297 e. The third-order valence-electron chi connectivity index (χ3n) is 1.23. The zero-order valence-corrected chi connectivity index (χ0v) is 8.02. The van der Waals surface area contributed by atoms with Crippen molar-refractivity contribution in [3.05, 3.63) is 23.7 Å². The average Bonchev–Trinajstić information content (AvgIpc) is 1.86. The molecule has 0 aromatic rings. The molecule has 10 heavy (non-hydrogen) atoms. The molecule has 1 nitrogen and oxygen atoms in total. The van der Waals surface area contributed by atoms with Gasteiger partial charge in [-0.3, -0.25) is 4.90 Å². The fraction of sp³-hybridized carbons (Fsp3) is 0.500. The Balaban J connectivity index is 3.59. The standard InChI is InChI=1S/C8H14BrN/c1-4-6-10(5-2)7-8(3)9/h4H,1,3,5-7H2,2H3. The summed E-state index contributed by atoms with van der Waals surface area (Å²) in [6, 6.07) is 0. The van der Waals surface area contributed by atoms with Crippen molar-refractivity contribution in [3.63, 3.8) is 0 Å². The normalized spacial score (nSPS) is 9.90. The lowest BCUT2D eigenvalue weighted by Gasteiger charge is -2.16. The summed E-state index contributed by atoms with van der Waals surface area (Å²) in [5, 5.41) is 0. The molecule has 58 valence electrons. The molecule has 0 heterocycles. The first kappa shape index (κ1) is 9.92. The van der Waals surface area contributed by atoms with Crippen LogP contribution in [-0.4, -0.2) is 24.5 Å². The molecule has 0 fully saturated rings. The van der Waals surface area contributed by atoms with E-state index in [9.17, 15) is 0 Å². The van der Waals surface area contributed by atoms with Crippen LogP contribution in [0, 0.1) is 0 Å². The highest BCUT2D eigenvalue weighted by Gasteiger charge is 1.98. The Morgan fingerprint density at radius 2 is 2.30 bits per heavy atom. The van der Waals surface area contributed by atoms with Crippen molar-refractivity contribution in [2.75, 3.05) is 19.6 Å². The largest absolute Gasteiger partial charge is 0.295 e. The summed E-state index contributed by atoms with van der Waals surface area (Å²) in [5.41, 5.74) is 0. The Labute approximate surface area is 71.5 Å². The summed E-state index contributed by atoms with van der Waals surface area (Å²) in [6.45, 7) is 12.4.